The van der Waals surface area contributed by atoms with Crippen LogP contribution in [0.4, 0.5) is 0 Å². The molecule has 0 aliphatic rings. The quantitative estimate of drug-likeness (QED) is 0.818. The van der Waals surface area contributed by atoms with Crippen LogP contribution < -0.4 is 5.32 Å². The smallest absolute Gasteiger partial charge is 0.328 e. The van der Waals surface area contributed by atoms with Crippen molar-refractivity contribution in [3.8, 4) is 5.75 Å². The first-order valence-corrected chi connectivity index (χ1v) is 5.79. The lowest BCUT2D eigenvalue weighted by Gasteiger charge is -2.13. The van der Waals surface area contributed by atoms with Crippen molar-refractivity contribution >= 4 is 23.5 Å². The van der Waals surface area contributed by atoms with Crippen molar-refractivity contribution in [2.24, 2.45) is 0 Å². The first-order valence-electron chi connectivity index (χ1n) is 5.41. The summed E-state index contributed by atoms with van der Waals surface area (Å²) in [6.07, 6.45) is 0. The highest BCUT2D eigenvalue weighted by atomic mass is 35.5. The normalized spacial score (nSPS) is 11.7. The van der Waals surface area contributed by atoms with Crippen molar-refractivity contribution in [3.05, 3.63) is 28.8 Å². The number of carbonyl (C=O) groups excluding carboxylic acids is 2. The van der Waals surface area contributed by atoms with Crippen molar-refractivity contribution in [2.45, 2.75) is 19.9 Å². The molecule has 1 unspecified atom stereocenters. The van der Waals surface area contributed by atoms with Gasteiger partial charge in [0.1, 0.15) is 11.8 Å². The van der Waals surface area contributed by atoms with Crippen molar-refractivity contribution in [2.75, 3.05) is 6.61 Å². The average Bonchev–Trinajstić information content (AvgIpc) is 2.32. The second kappa shape index (κ2) is 6.26. The molecule has 0 radical (unpaired) electrons. The van der Waals surface area contributed by atoms with Crippen LogP contribution in [0.15, 0.2) is 18.2 Å². The van der Waals surface area contributed by atoms with Crippen LogP contribution in [0.1, 0.15) is 24.2 Å². The molecule has 0 heterocycles. The highest BCUT2D eigenvalue weighted by Crippen LogP contribution is 2.21. The largest absolute Gasteiger partial charge is 0.508 e. The highest BCUT2D eigenvalue weighted by molar-refractivity contribution is 6.33. The van der Waals surface area contributed by atoms with Crippen LogP contribution in [0.5, 0.6) is 5.75 Å². The summed E-state index contributed by atoms with van der Waals surface area (Å²) < 4.78 is 4.76. The molecule has 1 aromatic carbocycles. The van der Waals surface area contributed by atoms with Gasteiger partial charge in [0, 0.05) is 0 Å². The summed E-state index contributed by atoms with van der Waals surface area (Å²) in [5.74, 6) is -1.15. The minimum atomic E-state index is -0.782. The second-order valence-electron chi connectivity index (χ2n) is 3.61. The van der Waals surface area contributed by atoms with Crippen LogP contribution in [-0.4, -0.2) is 29.6 Å². The van der Waals surface area contributed by atoms with Gasteiger partial charge in [-0.15, -0.1) is 0 Å². The van der Waals surface area contributed by atoms with Gasteiger partial charge in [0.05, 0.1) is 17.2 Å². The molecule has 0 aliphatic carbocycles. The maximum absolute atomic E-state index is 11.8. The van der Waals surface area contributed by atoms with Gasteiger partial charge in [0.15, 0.2) is 0 Å². The number of ether oxygens (including phenoxy) is 1. The molecular formula is C12H14ClNO4. The number of esters is 1. The van der Waals surface area contributed by atoms with E-state index in [1.807, 2.05) is 0 Å². The Kier molecular flexibility index (Phi) is 4.97. The van der Waals surface area contributed by atoms with Gasteiger partial charge in [-0.3, -0.25) is 4.79 Å². The second-order valence-corrected chi connectivity index (χ2v) is 4.02. The van der Waals surface area contributed by atoms with Gasteiger partial charge in [-0.1, -0.05) is 11.6 Å². The zero-order valence-corrected chi connectivity index (χ0v) is 10.8. The molecule has 6 heteroatoms. The number of carbonyl (C=O) groups is 2. The number of aromatic hydroxyl groups is 1. The SMILES string of the molecule is CCOC(=O)C(C)NC(=O)c1cc(O)ccc1Cl. The Labute approximate surface area is 110 Å². The minimum Gasteiger partial charge on any atom is -0.508 e. The molecule has 0 spiro atoms. The van der Waals surface area contributed by atoms with Crippen LogP contribution in [-0.2, 0) is 9.53 Å². The van der Waals surface area contributed by atoms with Crippen LogP contribution in [0.25, 0.3) is 0 Å². The zero-order chi connectivity index (χ0) is 13.7. The molecule has 0 saturated heterocycles. The summed E-state index contributed by atoms with van der Waals surface area (Å²) in [5, 5.41) is 11.9. The van der Waals surface area contributed by atoms with E-state index in [0.717, 1.165) is 0 Å². The van der Waals surface area contributed by atoms with Crippen LogP contribution in [0.3, 0.4) is 0 Å². The van der Waals surface area contributed by atoms with Crippen molar-refractivity contribution < 1.29 is 19.4 Å². The van der Waals surface area contributed by atoms with Gasteiger partial charge < -0.3 is 15.2 Å². The van der Waals surface area contributed by atoms with Gasteiger partial charge in [-0.25, -0.2) is 4.79 Å². The predicted molar refractivity (Wildman–Crippen MR) is 66.7 cm³/mol. The van der Waals surface area contributed by atoms with E-state index in [4.69, 9.17) is 16.3 Å². The summed E-state index contributed by atoms with van der Waals surface area (Å²) >= 11 is 5.83. The molecule has 0 aromatic heterocycles. The molecule has 1 rings (SSSR count). The van der Waals surface area contributed by atoms with Gasteiger partial charge >= 0.3 is 5.97 Å². The number of amides is 1. The Morgan fingerprint density at radius 2 is 2.17 bits per heavy atom. The van der Waals surface area contributed by atoms with Crippen LogP contribution in [0, 0.1) is 0 Å². The molecule has 0 saturated carbocycles. The Hall–Kier alpha value is -1.75. The molecule has 0 aliphatic heterocycles. The molecular weight excluding hydrogens is 258 g/mol. The number of halogens is 1. The van der Waals surface area contributed by atoms with E-state index in [-0.39, 0.29) is 22.9 Å². The number of phenolic OH excluding ortho intramolecular Hbond substituents is 1. The lowest BCUT2D eigenvalue weighted by atomic mass is 10.2. The summed E-state index contributed by atoms with van der Waals surface area (Å²) in [5.41, 5.74) is 0.104. The molecule has 5 nitrogen and oxygen atoms in total. The Balaban J connectivity index is 2.76. The Morgan fingerprint density at radius 3 is 2.78 bits per heavy atom. The first-order chi connectivity index (χ1) is 8.45. The lowest BCUT2D eigenvalue weighted by Crippen LogP contribution is -2.39. The first kappa shape index (κ1) is 14.3. The van der Waals surface area contributed by atoms with E-state index < -0.39 is 17.9 Å². The molecule has 1 amide bonds. The summed E-state index contributed by atoms with van der Waals surface area (Å²) in [6, 6.07) is 3.22. The Morgan fingerprint density at radius 1 is 1.50 bits per heavy atom. The average molecular weight is 272 g/mol. The Bertz CT molecular complexity index is 461. The van der Waals surface area contributed by atoms with Crippen LogP contribution >= 0.6 is 11.6 Å². The molecule has 18 heavy (non-hydrogen) atoms. The fourth-order valence-electron chi connectivity index (χ4n) is 1.29. The number of phenols is 1. The molecule has 98 valence electrons. The third-order valence-corrected chi connectivity index (χ3v) is 2.51. The van der Waals surface area contributed by atoms with E-state index in [1.165, 1.54) is 25.1 Å². The number of hydrogen-bond donors (Lipinski definition) is 2. The zero-order valence-electron chi connectivity index (χ0n) is 10.1. The van der Waals surface area contributed by atoms with Gasteiger partial charge in [-0.2, -0.15) is 0 Å². The van der Waals surface area contributed by atoms with E-state index >= 15 is 0 Å². The fraction of sp³-hybridized carbons (Fsp3) is 0.333. The summed E-state index contributed by atoms with van der Waals surface area (Å²) in [6.45, 7) is 3.43. The van der Waals surface area contributed by atoms with Crippen molar-refractivity contribution in [1.29, 1.82) is 0 Å². The predicted octanol–water partition coefficient (Wildman–Crippen LogP) is 1.73. The number of hydrogen-bond acceptors (Lipinski definition) is 4. The standard InChI is InChI=1S/C12H14ClNO4/c1-3-18-12(17)7(2)14-11(16)9-6-8(15)4-5-10(9)13/h4-7,15H,3H2,1-2H3,(H,14,16). The molecule has 1 aromatic rings. The maximum atomic E-state index is 11.8. The lowest BCUT2D eigenvalue weighted by molar-refractivity contribution is -0.144. The topological polar surface area (TPSA) is 75.6 Å². The number of benzene rings is 1. The highest BCUT2D eigenvalue weighted by Gasteiger charge is 2.19. The minimum absolute atomic E-state index is 0.0756. The van der Waals surface area contributed by atoms with Gasteiger partial charge in [-0.05, 0) is 32.0 Å². The third kappa shape index (κ3) is 3.63. The summed E-state index contributed by atoms with van der Waals surface area (Å²) in [7, 11) is 0. The van der Waals surface area contributed by atoms with E-state index in [9.17, 15) is 14.7 Å². The molecule has 2 N–H and O–H groups in total. The van der Waals surface area contributed by atoms with E-state index in [1.54, 1.807) is 6.92 Å². The molecule has 0 fully saturated rings. The third-order valence-electron chi connectivity index (χ3n) is 2.18. The van der Waals surface area contributed by atoms with Gasteiger partial charge in [0.2, 0.25) is 0 Å². The van der Waals surface area contributed by atoms with Crippen LogP contribution in [0.2, 0.25) is 5.02 Å². The molecule has 0 bridgehead atoms. The monoisotopic (exact) mass is 271 g/mol. The number of rotatable bonds is 4. The van der Waals surface area contributed by atoms with E-state index in [2.05, 4.69) is 5.32 Å². The fourth-order valence-corrected chi connectivity index (χ4v) is 1.49. The number of nitrogens with one attached hydrogen (secondary N) is 1. The van der Waals surface area contributed by atoms with Crippen molar-refractivity contribution in [3.63, 3.8) is 0 Å². The maximum Gasteiger partial charge on any atom is 0.328 e. The summed E-state index contributed by atoms with van der Waals surface area (Å²) in [4.78, 5) is 23.2. The van der Waals surface area contributed by atoms with E-state index in [0.29, 0.717) is 0 Å². The van der Waals surface area contributed by atoms with Gasteiger partial charge in [0.25, 0.3) is 5.91 Å². The molecule has 1 atom stereocenters. The van der Waals surface area contributed by atoms with Crippen molar-refractivity contribution in [1.82, 2.24) is 5.32 Å².